The number of ether oxygens (including phenoxy) is 2. The Bertz CT molecular complexity index is 1290. The second-order valence-electron chi connectivity index (χ2n) is 11.5. The van der Waals surface area contributed by atoms with Gasteiger partial charge in [-0.2, -0.15) is 0 Å². The van der Waals surface area contributed by atoms with Crippen LogP contribution in [-0.4, -0.2) is 52.1 Å². The number of thiophene rings is 1. The highest BCUT2D eigenvalue weighted by Crippen LogP contribution is 2.70. The fourth-order valence-electron chi connectivity index (χ4n) is 8.05. The van der Waals surface area contributed by atoms with Gasteiger partial charge in [0.25, 0.3) is 0 Å². The number of allylic oxidation sites excluding steroid dienone is 3. The minimum Gasteiger partial charge on any atom is -0.502 e. The molecule has 0 aromatic carbocycles. The average Bonchev–Trinajstić information content (AvgIpc) is 3.33. The van der Waals surface area contributed by atoms with Gasteiger partial charge in [-0.05, 0) is 73.4 Å². The van der Waals surface area contributed by atoms with Crippen molar-refractivity contribution in [3.8, 4) is 5.75 Å². The van der Waals surface area contributed by atoms with Gasteiger partial charge < -0.3 is 19.7 Å². The molecular weight excluding hydrogens is 558 g/mol. The predicted molar refractivity (Wildman–Crippen MR) is 142 cm³/mol. The third kappa shape index (κ3) is 3.59. The summed E-state index contributed by atoms with van der Waals surface area (Å²) in [6, 6.07) is 0. The van der Waals surface area contributed by atoms with Gasteiger partial charge >= 0.3 is 5.97 Å². The minimum atomic E-state index is -2.36. The first-order valence-corrected chi connectivity index (χ1v) is 14.1. The van der Waals surface area contributed by atoms with Crippen molar-refractivity contribution in [2.24, 2.45) is 34.5 Å². The second-order valence-corrected chi connectivity index (χ2v) is 13.4. The zero-order valence-electron chi connectivity index (χ0n) is 21.3. The monoisotopic (exact) mass is 586 g/mol. The molecule has 0 radical (unpaired) electrons. The lowest BCUT2D eigenvalue weighted by atomic mass is 9.45. The van der Waals surface area contributed by atoms with E-state index in [1.165, 1.54) is 19.4 Å². The second kappa shape index (κ2) is 9.08. The molecule has 0 amide bonds. The SMILES string of the molecule is COc1c(C(=O)OC2=C[C@@]3(C)C(=CC2=O)C(F)C[C@H]2[C@@H]4C[C@@H](C)[C@H](C(O)=S)[C@@]4(C)C[C@H](O)[C@@]23F)csc1Cl. The Morgan fingerprint density at radius 2 is 1.97 bits per heavy atom. The van der Waals surface area contributed by atoms with E-state index in [9.17, 15) is 19.8 Å². The van der Waals surface area contributed by atoms with E-state index < -0.39 is 58.1 Å². The van der Waals surface area contributed by atoms with Crippen LogP contribution in [0.3, 0.4) is 0 Å². The molecule has 206 valence electrons. The molecule has 1 unspecified atom stereocenters. The van der Waals surface area contributed by atoms with Crippen molar-refractivity contribution in [1.82, 2.24) is 0 Å². The molecule has 0 spiro atoms. The number of alkyl halides is 2. The van der Waals surface area contributed by atoms with E-state index in [1.807, 2.05) is 13.8 Å². The summed E-state index contributed by atoms with van der Waals surface area (Å²) in [6.45, 7) is 5.25. The Balaban J connectivity index is 1.57. The number of methoxy groups -OCH3 is 1. The van der Waals surface area contributed by atoms with Gasteiger partial charge in [-0.3, -0.25) is 4.79 Å². The van der Waals surface area contributed by atoms with E-state index in [0.717, 1.165) is 23.5 Å². The largest absolute Gasteiger partial charge is 0.502 e. The Morgan fingerprint density at radius 1 is 1.29 bits per heavy atom. The molecule has 1 aromatic rings. The Labute approximate surface area is 233 Å². The molecule has 9 atom stereocenters. The van der Waals surface area contributed by atoms with Gasteiger partial charge in [0.2, 0.25) is 5.78 Å². The van der Waals surface area contributed by atoms with Gasteiger partial charge in [-0.1, -0.05) is 25.4 Å². The number of fused-ring (bicyclic) bond motifs is 5. The Kier molecular flexibility index (Phi) is 6.61. The quantitative estimate of drug-likeness (QED) is 0.332. The number of halogens is 3. The van der Waals surface area contributed by atoms with Crippen LogP contribution in [0, 0.1) is 34.5 Å². The first-order chi connectivity index (χ1) is 17.7. The average molecular weight is 587 g/mol. The molecule has 4 aliphatic rings. The molecule has 1 aromatic heterocycles. The number of hydrogen-bond donors (Lipinski definition) is 2. The number of carbonyl (C=O) groups excluding carboxylic acids is 2. The highest BCUT2D eigenvalue weighted by Gasteiger charge is 2.73. The fourth-order valence-corrected chi connectivity index (χ4v) is 9.59. The Morgan fingerprint density at radius 3 is 2.61 bits per heavy atom. The third-order valence-corrected chi connectivity index (χ3v) is 11.1. The maximum Gasteiger partial charge on any atom is 0.348 e. The summed E-state index contributed by atoms with van der Waals surface area (Å²) < 4.78 is 44.1. The van der Waals surface area contributed by atoms with Gasteiger partial charge in [0.1, 0.15) is 16.1 Å². The summed E-state index contributed by atoms with van der Waals surface area (Å²) in [4.78, 5) is 25.8. The van der Waals surface area contributed by atoms with Crippen molar-refractivity contribution in [1.29, 1.82) is 0 Å². The van der Waals surface area contributed by atoms with Gasteiger partial charge in [-0.25, -0.2) is 13.6 Å². The van der Waals surface area contributed by atoms with Crippen LogP contribution >= 0.6 is 35.2 Å². The van der Waals surface area contributed by atoms with Crippen molar-refractivity contribution >= 4 is 52.0 Å². The zero-order chi connectivity index (χ0) is 27.9. The molecule has 38 heavy (non-hydrogen) atoms. The zero-order valence-corrected chi connectivity index (χ0v) is 23.7. The normalized spacial score (nSPS) is 41.8. The van der Waals surface area contributed by atoms with E-state index in [4.69, 9.17) is 33.3 Å². The lowest BCUT2D eigenvalue weighted by molar-refractivity contribution is -0.199. The van der Waals surface area contributed by atoms with E-state index in [2.05, 4.69) is 0 Å². The summed E-state index contributed by atoms with van der Waals surface area (Å²) in [6.07, 6.45) is -0.751. The minimum absolute atomic E-state index is 0.00169. The lowest BCUT2D eigenvalue weighted by Crippen LogP contribution is -2.68. The number of aliphatic hydroxyl groups excluding tert-OH is 2. The fraction of sp³-hybridized carbons (Fsp3) is 0.593. The molecule has 0 saturated heterocycles. The van der Waals surface area contributed by atoms with Crippen molar-refractivity contribution in [3.63, 3.8) is 0 Å². The summed E-state index contributed by atoms with van der Waals surface area (Å²) >= 11 is 12.2. The van der Waals surface area contributed by atoms with Crippen molar-refractivity contribution < 1.29 is 38.1 Å². The van der Waals surface area contributed by atoms with Crippen LogP contribution in [0.4, 0.5) is 8.78 Å². The highest BCUT2D eigenvalue weighted by atomic mass is 35.5. The first-order valence-electron chi connectivity index (χ1n) is 12.5. The van der Waals surface area contributed by atoms with Gasteiger partial charge in [0.15, 0.2) is 22.2 Å². The van der Waals surface area contributed by atoms with Crippen LogP contribution in [0.1, 0.15) is 50.4 Å². The van der Waals surface area contributed by atoms with Crippen molar-refractivity contribution in [3.05, 3.63) is 38.8 Å². The molecule has 1 heterocycles. The maximum absolute atomic E-state index is 17.6. The van der Waals surface area contributed by atoms with Crippen LogP contribution in [0.25, 0.3) is 0 Å². The lowest BCUT2D eigenvalue weighted by Gasteiger charge is -2.62. The molecule has 5 rings (SSSR count). The van der Waals surface area contributed by atoms with Crippen LogP contribution in [0.2, 0.25) is 4.34 Å². The van der Waals surface area contributed by atoms with Crippen LogP contribution in [0.15, 0.2) is 28.9 Å². The number of thiocarbonyl (C=S) groups is 1. The number of rotatable bonds is 4. The van der Waals surface area contributed by atoms with Crippen molar-refractivity contribution in [2.45, 2.75) is 58.0 Å². The number of hydrogen-bond acceptors (Lipinski definition) is 7. The van der Waals surface area contributed by atoms with Gasteiger partial charge in [0, 0.05) is 17.2 Å². The molecule has 3 fully saturated rings. The third-order valence-electron chi connectivity index (χ3n) is 9.64. The molecule has 2 N–H and O–H groups in total. The molecular formula is C27H29ClF2O6S2. The molecule has 6 nitrogen and oxygen atoms in total. The number of carbonyl (C=O) groups is 2. The standard InChI is InChI=1S/C27H29ClF2O6S2/c1-11-5-13-14-6-16(29)15-7-17(31)18(36-23(33)12-10-38-22(28)21(12)35-4)8-26(15,3)27(14,30)19(32)9-25(13,2)20(11)24(34)37/h7-8,10-11,13-14,16,19-20,32H,5-6,9H2,1-4H3,(H,34,37)/t11-,13+,14+,16?,19+,20-,25+,26+,27+/m1/s1. The van der Waals surface area contributed by atoms with E-state index in [-0.39, 0.29) is 51.0 Å². The summed E-state index contributed by atoms with van der Waals surface area (Å²) in [5.41, 5.74) is -4.94. The van der Waals surface area contributed by atoms with Crippen molar-refractivity contribution in [2.75, 3.05) is 7.11 Å². The van der Waals surface area contributed by atoms with E-state index >= 15 is 8.78 Å². The molecule has 4 aliphatic carbocycles. The Hall–Kier alpha value is -1.88. The van der Waals surface area contributed by atoms with Gasteiger partial charge in [-0.15, -0.1) is 11.3 Å². The van der Waals surface area contributed by atoms with E-state index in [1.54, 1.807) is 0 Å². The molecule has 0 aliphatic heterocycles. The summed E-state index contributed by atoms with van der Waals surface area (Å²) in [5, 5.41) is 23.0. The number of aliphatic hydroxyl groups is 2. The predicted octanol–water partition coefficient (Wildman–Crippen LogP) is 5.96. The highest BCUT2D eigenvalue weighted by molar-refractivity contribution is 7.80. The first kappa shape index (κ1) is 27.7. The molecule has 3 saturated carbocycles. The number of esters is 1. The van der Waals surface area contributed by atoms with Crippen LogP contribution in [-0.2, 0) is 9.53 Å². The topological polar surface area (TPSA) is 93.1 Å². The van der Waals surface area contributed by atoms with Gasteiger partial charge in [0.05, 0.1) is 18.6 Å². The molecule has 0 bridgehead atoms. The molecule has 11 heteroatoms. The summed E-state index contributed by atoms with van der Waals surface area (Å²) in [7, 11) is 1.33. The maximum atomic E-state index is 17.6. The van der Waals surface area contributed by atoms with Crippen LogP contribution in [0.5, 0.6) is 5.75 Å². The van der Waals surface area contributed by atoms with E-state index in [0.29, 0.717) is 6.42 Å². The number of ketones is 1. The van der Waals surface area contributed by atoms with Crippen LogP contribution < -0.4 is 4.74 Å². The smallest absolute Gasteiger partial charge is 0.348 e. The summed E-state index contributed by atoms with van der Waals surface area (Å²) in [5.74, 6) is -3.87.